The smallest absolute Gasteiger partial charge is 0.222 e. The van der Waals surface area contributed by atoms with E-state index in [4.69, 9.17) is 4.98 Å². The van der Waals surface area contributed by atoms with Crippen LogP contribution in [0.1, 0.15) is 29.8 Å². The first-order chi connectivity index (χ1) is 13.3. The minimum Gasteiger partial charge on any atom is -0.342 e. The van der Waals surface area contributed by atoms with Crippen LogP contribution in [0.3, 0.4) is 0 Å². The number of rotatable bonds is 4. The van der Waals surface area contributed by atoms with Crippen molar-refractivity contribution >= 4 is 32.3 Å². The first-order valence-corrected chi connectivity index (χ1v) is 11.3. The third kappa shape index (κ3) is 3.26. The summed E-state index contributed by atoms with van der Waals surface area (Å²) in [6, 6.07) is 7.69. The number of hydrogen-bond acceptors (Lipinski definition) is 5. The molecule has 7 nitrogen and oxygen atoms in total. The van der Waals surface area contributed by atoms with Crippen LogP contribution in [0.15, 0.2) is 24.3 Å². The van der Waals surface area contributed by atoms with Gasteiger partial charge >= 0.3 is 0 Å². The summed E-state index contributed by atoms with van der Waals surface area (Å²) in [5.74, 6) is 0.202. The van der Waals surface area contributed by atoms with Gasteiger partial charge in [0.1, 0.15) is 0 Å². The number of nitrogens with zero attached hydrogens (tertiary/aromatic N) is 4. The van der Waals surface area contributed by atoms with Crippen molar-refractivity contribution in [2.45, 2.75) is 39.2 Å². The summed E-state index contributed by atoms with van der Waals surface area (Å²) in [5, 5.41) is 5.66. The third-order valence-electron chi connectivity index (χ3n) is 5.76. The summed E-state index contributed by atoms with van der Waals surface area (Å²) in [6.07, 6.45) is 1.40. The van der Waals surface area contributed by atoms with Crippen molar-refractivity contribution in [2.24, 2.45) is 0 Å². The largest absolute Gasteiger partial charge is 0.342 e. The van der Waals surface area contributed by atoms with E-state index in [1.165, 1.54) is 0 Å². The van der Waals surface area contributed by atoms with Crippen molar-refractivity contribution in [3.63, 3.8) is 0 Å². The predicted octanol–water partition coefficient (Wildman–Crippen LogP) is 2.08. The van der Waals surface area contributed by atoms with Crippen LogP contribution in [-0.4, -0.2) is 58.4 Å². The average Bonchev–Trinajstić information content (AvgIpc) is 3.21. The highest BCUT2D eigenvalue weighted by atomic mass is 32.2. The standard InChI is InChI=1S/C20H24N4O3S/c1-13-16(8-9-19(25)23(3)15-10-11-28(26,27)12-15)14(2)24-20(21-13)17-6-4-5-7-18(17)22-24/h4-7,15H,8-12H2,1-3H3/t15-/m0/s1. The van der Waals surface area contributed by atoms with E-state index in [-0.39, 0.29) is 23.5 Å². The molecule has 1 aliphatic heterocycles. The first kappa shape index (κ1) is 18.9. The summed E-state index contributed by atoms with van der Waals surface area (Å²) in [6.45, 7) is 3.96. The maximum absolute atomic E-state index is 12.6. The van der Waals surface area contributed by atoms with E-state index in [1.54, 1.807) is 11.9 Å². The quantitative estimate of drug-likeness (QED) is 0.669. The Morgan fingerprint density at radius 1 is 1.29 bits per heavy atom. The number of aryl methyl sites for hydroxylation is 2. The van der Waals surface area contributed by atoms with Gasteiger partial charge in [-0.1, -0.05) is 12.1 Å². The molecule has 28 heavy (non-hydrogen) atoms. The second-order valence-corrected chi connectivity index (χ2v) is 9.80. The van der Waals surface area contributed by atoms with E-state index in [1.807, 2.05) is 42.6 Å². The third-order valence-corrected chi connectivity index (χ3v) is 7.51. The van der Waals surface area contributed by atoms with Crippen LogP contribution >= 0.6 is 0 Å². The molecule has 1 saturated heterocycles. The van der Waals surface area contributed by atoms with E-state index in [9.17, 15) is 13.2 Å². The number of benzene rings is 1. The Morgan fingerprint density at radius 2 is 2.04 bits per heavy atom. The molecule has 8 heteroatoms. The summed E-state index contributed by atoms with van der Waals surface area (Å²) < 4.78 is 25.2. The van der Waals surface area contributed by atoms with Gasteiger partial charge in [-0.3, -0.25) is 4.79 Å². The Kier molecular flexibility index (Phi) is 4.61. The number of aromatic nitrogens is 3. The lowest BCUT2D eigenvalue weighted by atomic mass is 10.1. The zero-order valence-electron chi connectivity index (χ0n) is 16.3. The molecule has 4 rings (SSSR count). The molecule has 0 unspecified atom stereocenters. The summed E-state index contributed by atoms with van der Waals surface area (Å²) >= 11 is 0. The van der Waals surface area contributed by atoms with Crippen LogP contribution in [0, 0.1) is 13.8 Å². The fourth-order valence-corrected chi connectivity index (χ4v) is 5.81. The Hall–Kier alpha value is -2.48. The molecule has 0 saturated carbocycles. The minimum atomic E-state index is -3.01. The molecule has 1 atom stereocenters. The number of hydrogen-bond donors (Lipinski definition) is 0. The lowest BCUT2D eigenvalue weighted by Crippen LogP contribution is -2.38. The van der Waals surface area contributed by atoms with E-state index < -0.39 is 9.84 Å². The molecule has 0 N–H and O–H groups in total. The second-order valence-electron chi connectivity index (χ2n) is 7.58. The fourth-order valence-electron chi connectivity index (χ4n) is 4.03. The molecule has 2 aromatic heterocycles. The average molecular weight is 401 g/mol. The van der Waals surface area contributed by atoms with Gasteiger partial charge in [-0.25, -0.2) is 17.9 Å². The number of carbonyl (C=O) groups is 1. The lowest BCUT2D eigenvalue weighted by molar-refractivity contribution is -0.131. The minimum absolute atomic E-state index is 0.0355. The molecule has 0 radical (unpaired) electrons. The molecule has 3 heterocycles. The summed E-state index contributed by atoms with van der Waals surface area (Å²) in [7, 11) is -1.30. The molecule has 0 aliphatic carbocycles. The monoisotopic (exact) mass is 400 g/mol. The second kappa shape index (κ2) is 6.84. The summed E-state index contributed by atoms with van der Waals surface area (Å²) in [4.78, 5) is 19.0. The van der Waals surface area contributed by atoms with Crippen molar-refractivity contribution in [2.75, 3.05) is 18.6 Å². The molecular weight excluding hydrogens is 376 g/mol. The molecule has 1 fully saturated rings. The van der Waals surface area contributed by atoms with Gasteiger partial charge in [-0.2, -0.15) is 5.10 Å². The van der Waals surface area contributed by atoms with E-state index in [0.717, 1.165) is 33.5 Å². The van der Waals surface area contributed by atoms with Gasteiger partial charge in [0.15, 0.2) is 15.5 Å². The van der Waals surface area contributed by atoms with Crippen molar-refractivity contribution in [3.8, 4) is 0 Å². The van der Waals surface area contributed by atoms with Crippen LogP contribution in [0.25, 0.3) is 16.6 Å². The zero-order chi connectivity index (χ0) is 20.1. The van der Waals surface area contributed by atoms with Gasteiger partial charge in [-0.05, 0) is 44.4 Å². The SMILES string of the molecule is Cc1nc2c3ccccc3nn2c(C)c1CCC(=O)N(C)[C@H]1CCS(=O)(=O)C1. The molecular formula is C20H24N4O3S. The van der Waals surface area contributed by atoms with Gasteiger partial charge in [0.25, 0.3) is 0 Å². The highest BCUT2D eigenvalue weighted by molar-refractivity contribution is 7.91. The van der Waals surface area contributed by atoms with Crippen LogP contribution in [-0.2, 0) is 21.1 Å². The topological polar surface area (TPSA) is 84.6 Å². The van der Waals surface area contributed by atoms with Gasteiger partial charge in [-0.15, -0.1) is 0 Å². The molecule has 1 aliphatic rings. The Morgan fingerprint density at radius 3 is 2.75 bits per heavy atom. The molecule has 0 spiro atoms. The van der Waals surface area contributed by atoms with Crippen molar-refractivity contribution in [1.29, 1.82) is 0 Å². The molecule has 1 amide bonds. The van der Waals surface area contributed by atoms with E-state index in [2.05, 4.69) is 5.10 Å². The Labute approximate surface area is 164 Å². The molecule has 0 bridgehead atoms. The maximum Gasteiger partial charge on any atom is 0.222 e. The van der Waals surface area contributed by atoms with Crippen LogP contribution in [0.5, 0.6) is 0 Å². The maximum atomic E-state index is 12.6. The normalized spacial score (nSPS) is 18.8. The first-order valence-electron chi connectivity index (χ1n) is 9.46. The van der Waals surface area contributed by atoms with Gasteiger partial charge in [0.2, 0.25) is 5.91 Å². The molecule has 148 valence electrons. The summed E-state index contributed by atoms with van der Waals surface area (Å²) in [5.41, 5.74) is 4.62. The number of amides is 1. The molecule has 1 aromatic carbocycles. The Bertz CT molecular complexity index is 1180. The van der Waals surface area contributed by atoms with Crippen molar-refractivity contribution in [3.05, 3.63) is 41.2 Å². The van der Waals surface area contributed by atoms with Crippen molar-refractivity contribution in [1.82, 2.24) is 19.5 Å². The zero-order valence-corrected chi connectivity index (χ0v) is 17.2. The van der Waals surface area contributed by atoms with Crippen LogP contribution in [0.4, 0.5) is 0 Å². The predicted molar refractivity (Wildman–Crippen MR) is 108 cm³/mol. The van der Waals surface area contributed by atoms with E-state index in [0.29, 0.717) is 19.3 Å². The van der Waals surface area contributed by atoms with Crippen molar-refractivity contribution < 1.29 is 13.2 Å². The van der Waals surface area contributed by atoms with Gasteiger partial charge < -0.3 is 4.90 Å². The fraction of sp³-hybridized carbons (Fsp3) is 0.450. The highest BCUT2D eigenvalue weighted by Gasteiger charge is 2.32. The number of fused-ring (bicyclic) bond motifs is 3. The number of carbonyl (C=O) groups excluding carboxylic acids is 1. The van der Waals surface area contributed by atoms with Crippen LogP contribution in [0.2, 0.25) is 0 Å². The lowest BCUT2D eigenvalue weighted by Gasteiger charge is -2.23. The number of sulfone groups is 1. The van der Waals surface area contributed by atoms with E-state index >= 15 is 0 Å². The highest BCUT2D eigenvalue weighted by Crippen LogP contribution is 2.23. The Balaban J connectivity index is 1.56. The van der Waals surface area contributed by atoms with Gasteiger partial charge in [0.05, 0.1) is 17.0 Å². The molecule has 3 aromatic rings. The van der Waals surface area contributed by atoms with Crippen LogP contribution < -0.4 is 0 Å². The van der Waals surface area contributed by atoms with Gasteiger partial charge in [0, 0.05) is 36.3 Å².